The monoisotopic (exact) mass is 522 g/mol. The third kappa shape index (κ3) is 7.17. The van der Waals surface area contributed by atoms with Crippen LogP contribution in [0, 0.1) is 17.7 Å². The van der Waals surface area contributed by atoms with Crippen molar-refractivity contribution in [2.24, 2.45) is 0 Å². The number of carbonyl (C=O) groups is 3. The topological polar surface area (TPSA) is 160 Å². The van der Waals surface area contributed by atoms with Crippen molar-refractivity contribution in [3.8, 4) is 17.6 Å². The van der Waals surface area contributed by atoms with Gasteiger partial charge >= 0.3 is 11.7 Å². The van der Waals surface area contributed by atoms with Crippen molar-refractivity contribution >= 4 is 17.8 Å². The second-order valence-electron chi connectivity index (χ2n) is 8.06. The minimum atomic E-state index is -1.17. The lowest BCUT2D eigenvalue weighted by atomic mass is 10.1. The molecule has 1 heterocycles. The van der Waals surface area contributed by atoms with Crippen LogP contribution in [0.3, 0.4) is 0 Å². The number of nitrogens with one attached hydrogen (secondary N) is 3. The number of nitrogens with zero attached hydrogens (tertiary/aromatic N) is 1. The van der Waals surface area contributed by atoms with Crippen LogP contribution in [0.2, 0.25) is 0 Å². The number of aliphatic carboxylic acids is 1. The molecule has 0 fully saturated rings. The normalized spacial score (nSPS) is 11.0. The Morgan fingerprint density at radius 2 is 1.82 bits per heavy atom. The highest BCUT2D eigenvalue weighted by molar-refractivity contribution is 5.96. The zero-order valence-corrected chi connectivity index (χ0v) is 20.3. The summed E-state index contributed by atoms with van der Waals surface area (Å²) in [5, 5.41) is 13.8. The molecule has 0 saturated carbocycles. The van der Waals surface area contributed by atoms with Crippen LogP contribution >= 0.6 is 0 Å². The molecule has 0 aliphatic carbocycles. The Morgan fingerprint density at radius 1 is 1.13 bits per heavy atom. The minimum Gasteiger partial charge on any atom is -0.494 e. The summed E-state index contributed by atoms with van der Waals surface area (Å²) >= 11 is 0. The number of ether oxygens (including phenoxy) is 1. The molecule has 1 aromatic heterocycles. The van der Waals surface area contributed by atoms with Gasteiger partial charge in [-0.1, -0.05) is 18.2 Å². The second kappa shape index (κ2) is 12.2. The van der Waals surface area contributed by atoms with E-state index in [0.29, 0.717) is 11.1 Å². The van der Waals surface area contributed by atoms with Crippen molar-refractivity contribution in [1.82, 2.24) is 20.2 Å². The molecule has 0 bridgehead atoms. The van der Waals surface area contributed by atoms with E-state index >= 15 is 0 Å². The smallest absolute Gasteiger partial charge is 0.328 e. The molecule has 196 valence electrons. The van der Waals surface area contributed by atoms with Crippen LogP contribution in [0.25, 0.3) is 0 Å². The summed E-state index contributed by atoms with van der Waals surface area (Å²) in [5.41, 5.74) is -0.186. The number of hydrogen-bond acceptors (Lipinski definition) is 6. The maximum absolute atomic E-state index is 13.5. The first-order valence-corrected chi connectivity index (χ1v) is 11.2. The molecule has 2 amide bonds. The van der Waals surface area contributed by atoms with E-state index in [1.807, 2.05) is 0 Å². The summed E-state index contributed by atoms with van der Waals surface area (Å²) in [6, 6.07) is 9.13. The Morgan fingerprint density at radius 3 is 2.47 bits per heavy atom. The molecule has 2 aromatic carbocycles. The van der Waals surface area contributed by atoms with E-state index in [-0.39, 0.29) is 30.0 Å². The molecule has 0 aliphatic rings. The van der Waals surface area contributed by atoms with Gasteiger partial charge < -0.3 is 20.5 Å². The van der Waals surface area contributed by atoms with E-state index in [1.54, 1.807) is 12.1 Å². The predicted octanol–water partition coefficient (Wildman–Crippen LogP) is 0.603. The van der Waals surface area contributed by atoms with Gasteiger partial charge in [0, 0.05) is 24.2 Å². The lowest BCUT2D eigenvalue weighted by Gasteiger charge is -2.10. The minimum absolute atomic E-state index is 0.0241. The Kier molecular flexibility index (Phi) is 8.78. The van der Waals surface area contributed by atoms with E-state index in [4.69, 9.17) is 9.84 Å². The molecule has 0 aliphatic heterocycles. The number of amides is 2. The van der Waals surface area contributed by atoms with Crippen molar-refractivity contribution < 1.29 is 28.6 Å². The van der Waals surface area contributed by atoms with Crippen LogP contribution in [0.15, 0.2) is 58.3 Å². The maximum Gasteiger partial charge on any atom is 0.328 e. The van der Waals surface area contributed by atoms with Crippen LogP contribution in [0.1, 0.15) is 34.0 Å². The average molecular weight is 522 g/mol. The molecule has 38 heavy (non-hydrogen) atoms. The van der Waals surface area contributed by atoms with E-state index in [2.05, 4.69) is 27.5 Å². The van der Waals surface area contributed by atoms with Gasteiger partial charge in [0.2, 0.25) is 0 Å². The van der Waals surface area contributed by atoms with E-state index in [0.717, 1.165) is 0 Å². The number of aromatic amines is 1. The highest BCUT2D eigenvalue weighted by atomic mass is 19.1. The number of carboxylic acid groups (broad SMARTS) is 1. The summed E-state index contributed by atoms with van der Waals surface area (Å²) in [6.07, 6.45) is 1.21. The molecular formula is C26H23FN4O7. The van der Waals surface area contributed by atoms with Crippen LogP contribution in [-0.2, 0) is 22.7 Å². The lowest BCUT2D eigenvalue weighted by molar-refractivity contribution is -0.138. The predicted molar refractivity (Wildman–Crippen MR) is 133 cm³/mol. The number of rotatable bonds is 8. The Bertz CT molecular complexity index is 1550. The van der Waals surface area contributed by atoms with Gasteiger partial charge in [0.25, 0.3) is 17.4 Å². The van der Waals surface area contributed by atoms with E-state index in [9.17, 15) is 28.4 Å². The van der Waals surface area contributed by atoms with Gasteiger partial charge in [0.1, 0.15) is 11.6 Å². The van der Waals surface area contributed by atoms with Crippen LogP contribution in [0.4, 0.5) is 4.39 Å². The summed E-state index contributed by atoms with van der Waals surface area (Å²) < 4.78 is 19.6. The highest BCUT2D eigenvalue weighted by Crippen LogP contribution is 2.17. The van der Waals surface area contributed by atoms with Crippen molar-refractivity contribution in [3.63, 3.8) is 0 Å². The molecule has 11 nitrogen and oxygen atoms in total. The van der Waals surface area contributed by atoms with Gasteiger partial charge in [0.05, 0.1) is 13.7 Å². The quantitative estimate of drug-likeness (QED) is 0.315. The van der Waals surface area contributed by atoms with Gasteiger partial charge in [-0.3, -0.25) is 28.7 Å². The fourth-order valence-corrected chi connectivity index (χ4v) is 3.18. The van der Waals surface area contributed by atoms with Crippen LogP contribution in [-0.4, -0.2) is 45.6 Å². The first-order valence-electron chi connectivity index (χ1n) is 11.2. The largest absolute Gasteiger partial charge is 0.494 e. The number of hydrogen-bond donors (Lipinski definition) is 4. The molecule has 0 spiro atoms. The molecule has 1 atom stereocenters. The first kappa shape index (κ1) is 27.4. The molecule has 3 aromatic rings. The fourth-order valence-electron chi connectivity index (χ4n) is 3.18. The lowest BCUT2D eigenvalue weighted by Crippen LogP contribution is -2.38. The number of benzene rings is 2. The Hall–Kier alpha value is -5.18. The zero-order valence-electron chi connectivity index (χ0n) is 20.3. The molecule has 0 saturated heterocycles. The van der Waals surface area contributed by atoms with Crippen molar-refractivity contribution in [2.75, 3.05) is 7.11 Å². The van der Waals surface area contributed by atoms with Gasteiger partial charge in [0.15, 0.2) is 11.6 Å². The molecule has 0 unspecified atom stereocenters. The third-order valence-corrected chi connectivity index (χ3v) is 5.28. The summed E-state index contributed by atoms with van der Waals surface area (Å²) in [7, 11) is 1.32. The molecule has 0 radical (unpaired) electrons. The van der Waals surface area contributed by atoms with Crippen molar-refractivity contribution in [2.45, 2.75) is 26.1 Å². The standard InChI is InChI=1S/C26H23FN4O7/c1-15(25(35)36)29-23(33)18-6-3-16(4-7-18)13-31-14-19(24(34)30-26(31)37)8-10-22(32)28-12-17-5-9-20(27)21(11-17)38-2/h3-7,9,11,14-15H,12-13H2,1-2H3,(H,28,32)(H,29,33)(H,35,36)(H,30,34,37)/t15-/m1/s1. The zero-order chi connectivity index (χ0) is 27.8. The van der Waals surface area contributed by atoms with E-state index in [1.165, 1.54) is 55.1 Å². The highest BCUT2D eigenvalue weighted by Gasteiger charge is 2.15. The van der Waals surface area contributed by atoms with Gasteiger partial charge in [-0.05, 0) is 48.2 Å². The molecular weight excluding hydrogens is 499 g/mol. The van der Waals surface area contributed by atoms with Crippen molar-refractivity contribution in [1.29, 1.82) is 0 Å². The van der Waals surface area contributed by atoms with Gasteiger partial charge in [-0.15, -0.1) is 0 Å². The first-order chi connectivity index (χ1) is 18.1. The van der Waals surface area contributed by atoms with Crippen molar-refractivity contribution in [3.05, 3.63) is 97.6 Å². The molecule has 3 rings (SSSR count). The molecule has 12 heteroatoms. The Balaban J connectivity index is 1.69. The molecule has 4 N–H and O–H groups in total. The third-order valence-electron chi connectivity index (χ3n) is 5.28. The second-order valence-corrected chi connectivity index (χ2v) is 8.06. The SMILES string of the molecule is COc1cc(CNC(=O)C#Cc2cn(Cc3ccc(C(=O)N[C@H](C)C(=O)O)cc3)c(=O)[nH]c2=O)ccc1F. The average Bonchev–Trinajstić information content (AvgIpc) is 2.89. The summed E-state index contributed by atoms with van der Waals surface area (Å²) in [4.78, 5) is 61.7. The van der Waals surface area contributed by atoms with E-state index < -0.39 is 40.9 Å². The number of carbonyl (C=O) groups excluding carboxylic acids is 2. The van der Waals surface area contributed by atoms with Crippen LogP contribution < -0.4 is 26.6 Å². The number of halogens is 1. The van der Waals surface area contributed by atoms with Gasteiger partial charge in [-0.25, -0.2) is 9.18 Å². The number of methoxy groups -OCH3 is 1. The number of carboxylic acids is 1. The summed E-state index contributed by atoms with van der Waals surface area (Å²) in [6.45, 7) is 1.41. The summed E-state index contributed by atoms with van der Waals surface area (Å²) in [5.74, 6) is 1.77. The number of H-pyrrole nitrogens is 1. The van der Waals surface area contributed by atoms with Crippen LogP contribution in [0.5, 0.6) is 5.75 Å². The number of aromatic nitrogens is 2. The fraction of sp³-hybridized carbons (Fsp3) is 0.192. The van der Waals surface area contributed by atoms with Gasteiger partial charge in [-0.2, -0.15) is 0 Å². The Labute approximate surface area is 215 Å². The maximum atomic E-state index is 13.5.